The normalized spacial score (nSPS) is 20.2. The first-order valence-corrected chi connectivity index (χ1v) is 6.58. The molecule has 0 saturated heterocycles. The standard InChI is InChI=1S/C15H18N2/c16-10-15(7-8-15)11-17-14-6-5-12-3-1-2-4-13(12)9-14/h5-6,9,17H,1-4,7-8,11H2. The Morgan fingerprint density at radius 1 is 1.18 bits per heavy atom. The average Bonchev–Trinajstić information content (AvgIpc) is 3.17. The summed E-state index contributed by atoms with van der Waals surface area (Å²) in [7, 11) is 0. The highest BCUT2D eigenvalue weighted by molar-refractivity contribution is 5.50. The van der Waals surface area contributed by atoms with Crippen molar-refractivity contribution in [3.8, 4) is 6.07 Å². The van der Waals surface area contributed by atoms with Crippen LogP contribution in [0.2, 0.25) is 0 Å². The van der Waals surface area contributed by atoms with E-state index in [1.807, 2.05) is 0 Å². The molecule has 0 spiro atoms. The number of fused-ring (bicyclic) bond motifs is 1. The maximum atomic E-state index is 9.04. The van der Waals surface area contributed by atoms with Crippen LogP contribution < -0.4 is 5.32 Å². The predicted octanol–water partition coefficient (Wildman–Crippen LogP) is 3.28. The van der Waals surface area contributed by atoms with Gasteiger partial charge < -0.3 is 5.32 Å². The Balaban J connectivity index is 1.70. The van der Waals surface area contributed by atoms with Gasteiger partial charge in [-0.15, -0.1) is 0 Å². The summed E-state index contributed by atoms with van der Waals surface area (Å²) in [6.45, 7) is 0.808. The zero-order valence-electron chi connectivity index (χ0n) is 10.1. The van der Waals surface area contributed by atoms with Crippen molar-refractivity contribution in [3.63, 3.8) is 0 Å². The molecule has 88 valence electrons. The highest BCUT2D eigenvalue weighted by Crippen LogP contribution is 2.44. The van der Waals surface area contributed by atoms with Crippen LogP contribution in [0.1, 0.15) is 36.8 Å². The Kier molecular flexibility index (Phi) is 2.55. The molecule has 2 aliphatic rings. The van der Waals surface area contributed by atoms with Crippen LogP contribution in [-0.2, 0) is 12.8 Å². The van der Waals surface area contributed by atoms with E-state index in [1.165, 1.54) is 42.5 Å². The molecule has 17 heavy (non-hydrogen) atoms. The van der Waals surface area contributed by atoms with Crippen molar-refractivity contribution in [1.82, 2.24) is 0 Å². The number of nitriles is 1. The van der Waals surface area contributed by atoms with Crippen molar-refractivity contribution >= 4 is 5.69 Å². The van der Waals surface area contributed by atoms with E-state index in [-0.39, 0.29) is 5.41 Å². The van der Waals surface area contributed by atoms with Crippen molar-refractivity contribution in [2.45, 2.75) is 38.5 Å². The van der Waals surface area contributed by atoms with Gasteiger partial charge in [-0.2, -0.15) is 5.26 Å². The number of anilines is 1. The van der Waals surface area contributed by atoms with E-state index in [1.54, 1.807) is 0 Å². The zero-order valence-corrected chi connectivity index (χ0v) is 10.1. The van der Waals surface area contributed by atoms with Gasteiger partial charge in [-0.25, -0.2) is 0 Å². The summed E-state index contributed by atoms with van der Waals surface area (Å²) in [4.78, 5) is 0. The van der Waals surface area contributed by atoms with Crippen LogP contribution in [0.5, 0.6) is 0 Å². The molecule has 0 heterocycles. The minimum atomic E-state index is -0.0596. The van der Waals surface area contributed by atoms with Gasteiger partial charge >= 0.3 is 0 Å². The molecule has 1 N–H and O–H groups in total. The van der Waals surface area contributed by atoms with Crippen LogP contribution in [0, 0.1) is 16.7 Å². The molecule has 1 aromatic rings. The molecule has 1 fully saturated rings. The summed E-state index contributed by atoms with van der Waals surface area (Å²) >= 11 is 0. The molecule has 0 atom stereocenters. The van der Waals surface area contributed by atoms with E-state index < -0.39 is 0 Å². The summed E-state index contributed by atoms with van der Waals surface area (Å²) in [6, 6.07) is 9.12. The summed E-state index contributed by atoms with van der Waals surface area (Å²) in [5, 5.41) is 12.5. The van der Waals surface area contributed by atoms with E-state index in [2.05, 4.69) is 29.6 Å². The minimum absolute atomic E-state index is 0.0596. The Labute approximate surface area is 103 Å². The summed E-state index contributed by atoms with van der Waals surface area (Å²) in [6.07, 6.45) is 7.21. The number of aryl methyl sites for hydroxylation is 2. The van der Waals surface area contributed by atoms with Crippen molar-refractivity contribution in [1.29, 1.82) is 5.26 Å². The van der Waals surface area contributed by atoms with Gasteiger partial charge in [0.2, 0.25) is 0 Å². The minimum Gasteiger partial charge on any atom is -0.383 e. The van der Waals surface area contributed by atoms with Crippen LogP contribution in [0.3, 0.4) is 0 Å². The monoisotopic (exact) mass is 226 g/mol. The van der Waals surface area contributed by atoms with Gasteiger partial charge in [-0.3, -0.25) is 0 Å². The predicted molar refractivity (Wildman–Crippen MR) is 68.9 cm³/mol. The number of benzene rings is 1. The highest BCUT2D eigenvalue weighted by Gasteiger charge is 2.42. The lowest BCUT2D eigenvalue weighted by atomic mass is 9.91. The van der Waals surface area contributed by atoms with Gasteiger partial charge in [-0.05, 0) is 61.8 Å². The van der Waals surface area contributed by atoms with E-state index >= 15 is 0 Å². The van der Waals surface area contributed by atoms with Crippen LogP contribution >= 0.6 is 0 Å². The second-order valence-electron chi connectivity index (χ2n) is 5.44. The van der Waals surface area contributed by atoms with Crippen LogP contribution in [0.25, 0.3) is 0 Å². The molecule has 2 aliphatic carbocycles. The topological polar surface area (TPSA) is 35.8 Å². The Hall–Kier alpha value is -1.49. The highest BCUT2D eigenvalue weighted by atomic mass is 14.9. The molecule has 1 saturated carbocycles. The molecule has 0 bridgehead atoms. The fourth-order valence-electron chi connectivity index (χ4n) is 2.59. The maximum absolute atomic E-state index is 9.04. The van der Waals surface area contributed by atoms with Gasteiger partial charge in [0.25, 0.3) is 0 Å². The van der Waals surface area contributed by atoms with E-state index in [0.717, 1.165) is 19.4 Å². The Morgan fingerprint density at radius 2 is 1.94 bits per heavy atom. The zero-order chi connectivity index (χ0) is 11.7. The van der Waals surface area contributed by atoms with E-state index in [9.17, 15) is 0 Å². The van der Waals surface area contributed by atoms with Gasteiger partial charge in [0.15, 0.2) is 0 Å². The second kappa shape index (κ2) is 4.07. The van der Waals surface area contributed by atoms with E-state index in [0.29, 0.717) is 0 Å². The van der Waals surface area contributed by atoms with Gasteiger partial charge in [0, 0.05) is 12.2 Å². The molecule has 0 aromatic heterocycles. The SMILES string of the molecule is N#CC1(CNc2ccc3c(c2)CCCC3)CC1. The number of nitrogens with zero attached hydrogens (tertiary/aromatic N) is 1. The first kappa shape index (κ1) is 10.7. The van der Waals surface area contributed by atoms with Crippen molar-refractivity contribution in [2.75, 3.05) is 11.9 Å². The van der Waals surface area contributed by atoms with Crippen molar-refractivity contribution in [2.24, 2.45) is 5.41 Å². The lowest BCUT2D eigenvalue weighted by Gasteiger charge is -2.17. The van der Waals surface area contributed by atoms with Gasteiger partial charge in [0.05, 0.1) is 11.5 Å². The molecule has 0 amide bonds. The first-order valence-electron chi connectivity index (χ1n) is 6.58. The van der Waals surface area contributed by atoms with Crippen molar-refractivity contribution in [3.05, 3.63) is 29.3 Å². The number of hydrogen-bond donors (Lipinski definition) is 1. The number of hydrogen-bond acceptors (Lipinski definition) is 2. The maximum Gasteiger partial charge on any atom is 0.0747 e. The van der Waals surface area contributed by atoms with Crippen LogP contribution in [0.15, 0.2) is 18.2 Å². The Bertz CT molecular complexity index is 466. The average molecular weight is 226 g/mol. The molecule has 0 radical (unpaired) electrons. The number of nitrogens with one attached hydrogen (secondary N) is 1. The summed E-state index contributed by atoms with van der Waals surface area (Å²) in [5.74, 6) is 0. The third-order valence-corrected chi connectivity index (χ3v) is 4.07. The van der Waals surface area contributed by atoms with Crippen LogP contribution in [0.4, 0.5) is 5.69 Å². The smallest absolute Gasteiger partial charge is 0.0747 e. The van der Waals surface area contributed by atoms with Crippen molar-refractivity contribution < 1.29 is 0 Å². The fourth-order valence-corrected chi connectivity index (χ4v) is 2.59. The molecular weight excluding hydrogens is 208 g/mol. The third kappa shape index (κ3) is 2.15. The largest absolute Gasteiger partial charge is 0.383 e. The lowest BCUT2D eigenvalue weighted by Crippen LogP contribution is -2.14. The molecule has 2 nitrogen and oxygen atoms in total. The van der Waals surface area contributed by atoms with Gasteiger partial charge in [-0.1, -0.05) is 6.07 Å². The van der Waals surface area contributed by atoms with Crippen LogP contribution in [-0.4, -0.2) is 6.54 Å². The molecule has 0 aliphatic heterocycles. The number of rotatable bonds is 3. The third-order valence-electron chi connectivity index (χ3n) is 4.07. The molecule has 1 aromatic carbocycles. The van der Waals surface area contributed by atoms with Gasteiger partial charge in [0.1, 0.15) is 0 Å². The quantitative estimate of drug-likeness (QED) is 0.858. The first-order chi connectivity index (χ1) is 8.31. The van der Waals surface area contributed by atoms with E-state index in [4.69, 9.17) is 5.26 Å². The summed E-state index contributed by atoms with van der Waals surface area (Å²) < 4.78 is 0. The summed E-state index contributed by atoms with van der Waals surface area (Å²) in [5.41, 5.74) is 4.15. The second-order valence-corrected chi connectivity index (χ2v) is 5.44. The fraction of sp³-hybridized carbons (Fsp3) is 0.533. The Morgan fingerprint density at radius 3 is 2.65 bits per heavy atom. The molecular formula is C15H18N2. The lowest BCUT2D eigenvalue weighted by molar-refractivity contribution is 0.684. The molecule has 2 heteroatoms. The molecule has 0 unspecified atom stereocenters. The molecule has 3 rings (SSSR count).